The van der Waals surface area contributed by atoms with Gasteiger partial charge >= 0.3 is 0 Å². The normalized spacial score (nSPS) is 31.4. The van der Waals surface area contributed by atoms with Crippen molar-refractivity contribution < 1.29 is 4.74 Å². The molecule has 1 aliphatic rings. The molecule has 102 valence electrons. The van der Waals surface area contributed by atoms with Gasteiger partial charge in [-0.25, -0.2) is 0 Å². The number of hydrogen-bond donors (Lipinski definition) is 1. The SMILES string of the molecule is CCCCCC(C)NC1CCOC(C)(CC)C1. The molecule has 0 radical (unpaired) electrons. The summed E-state index contributed by atoms with van der Waals surface area (Å²) in [5.41, 5.74) is 0.110. The second-order valence-electron chi connectivity index (χ2n) is 5.91. The molecule has 0 aromatic heterocycles. The van der Waals surface area contributed by atoms with Crippen LogP contribution in [0.4, 0.5) is 0 Å². The average molecular weight is 241 g/mol. The fraction of sp³-hybridized carbons (Fsp3) is 1.00. The first-order valence-corrected chi connectivity index (χ1v) is 7.49. The largest absolute Gasteiger partial charge is 0.375 e. The maximum Gasteiger partial charge on any atom is 0.0666 e. The highest BCUT2D eigenvalue weighted by Crippen LogP contribution is 2.28. The Morgan fingerprint density at radius 1 is 1.35 bits per heavy atom. The second kappa shape index (κ2) is 7.38. The van der Waals surface area contributed by atoms with Crippen molar-refractivity contribution in [2.75, 3.05) is 6.61 Å². The predicted octanol–water partition coefficient (Wildman–Crippen LogP) is 3.89. The van der Waals surface area contributed by atoms with E-state index in [4.69, 9.17) is 4.74 Å². The van der Waals surface area contributed by atoms with E-state index in [9.17, 15) is 0 Å². The van der Waals surface area contributed by atoms with Gasteiger partial charge in [-0.3, -0.25) is 0 Å². The Hall–Kier alpha value is -0.0800. The maximum atomic E-state index is 5.88. The summed E-state index contributed by atoms with van der Waals surface area (Å²) < 4.78 is 5.88. The van der Waals surface area contributed by atoms with Crippen LogP contribution in [0.15, 0.2) is 0 Å². The van der Waals surface area contributed by atoms with E-state index in [1.165, 1.54) is 38.5 Å². The molecule has 1 aliphatic heterocycles. The molecule has 2 heteroatoms. The molecule has 0 aliphatic carbocycles. The van der Waals surface area contributed by atoms with Gasteiger partial charge < -0.3 is 10.1 Å². The van der Waals surface area contributed by atoms with Crippen molar-refractivity contribution in [3.8, 4) is 0 Å². The van der Waals surface area contributed by atoms with Crippen molar-refractivity contribution in [3.63, 3.8) is 0 Å². The van der Waals surface area contributed by atoms with E-state index in [-0.39, 0.29) is 5.60 Å². The van der Waals surface area contributed by atoms with Gasteiger partial charge in [0.25, 0.3) is 0 Å². The Kier molecular flexibility index (Phi) is 6.50. The first-order chi connectivity index (χ1) is 8.09. The zero-order chi connectivity index (χ0) is 12.7. The lowest BCUT2D eigenvalue weighted by atomic mass is 9.89. The number of hydrogen-bond acceptors (Lipinski definition) is 2. The average Bonchev–Trinajstić information content (AvgIpc) is 2.29. The second-order valence-corrected chi connectivity index (χ2v) is 5.91. The molecule has 0 bridgehead atoms. The fourth-order valence-corrected chi connectivity index (χ4v) is 2.70. The highest BCUT2D eigenvalue weighted by atomic mass is 16.5. The summed E-state index contributed by atoms with van der Waals surface area (Å²) in [6.07, 6.45) is 8.82. The molecular formula is C15H31NO. The summed E-state index contributed by atoms with van der Waals surface area (Å²) in [4.78, 5) is 0. The van der Waals surface area contributed by atoms with E-state index in [0.29, 0.717) is 12.1 Å². The lowest BCUT2D eigenvalue weighted by Gasteiger charge is -2.39. The Bertz CT molecular complexity index is 207. The van der Waals surface area contributed by atoms with Crippen LogP contribution < -0.4 is 5.32 Å². The molecule has 3 atom stereocenters. The third-order valence-electron chi connectivity index (χ3n) is 4.10. The smallest absolute Gasteiger partial charge is 0.0666 e. The topological polar surface area (TPSA) is 21.3 Å². The molecule has 0 spiro atoms. The predicted molar refractivity (Wildman–Crippen MR) is 74.4 cm³/mol. The molecule has 2 nitrogen and oxygen atoms in total. The number of ether oxygens (including phenoxy) is 1. The summed E-state index contributed by atoms with van der Waals surface area (Å²) >= 11 is 0. The van der Waals surface area contributed by atoms with E-state index >= 15 is 0 Å². The first-order valence-electron chi connectivity index (χ1n) is 7.49. The number of unbranched alkanes of at least 4 members (excludes halogenated alkanes) is 2. The van der Waals surface area contributed by atoms with Gasteiger partial charge in [-0.2, -0.15) is 0 Å². The van der Waals surface area contributed by atoms with Crippen LogP contribution in [0.1, 0.15) is 72.6 Å². The van der Waals surface area contributed by atoms with Gasteiger partial charge in [-0.05, 0) is 39.5 Å². The fourth-order valence-electron chi connectivity index (χ4n) is 2.70. The molecule has 1 heterocycles. The van der Waals surface area contributed by atoms with Crippen molar-refractivity contribution in [3.05, 3.63) is 0 Å². The van der Waals surface area contributed by atoms with Crippen LogP contribution in [0.2, 0.25) is 0 Å². The highest BCUT2D eigenvalue weighted by molar-refractivity contribution is 4.86. The van der Waals surface area contributed by atoms with Crippen LogP contribution in [0.5, 0.6) is 0 Å². The number of nitrogens with one attached hydrogen (secondary N) is 1. The molecule has 0 amide bonds. The van der Waals surface area contributed by atoms with Crippen LogP contribution >= 0.6 is 0 Å². The number of rotatable bonds is 7. The van der Waals surface area contributed by atoms with Gasteiger partial charge in [0, 0.05) is 18.7 Å². The quantitative estimate of drug-likeness (QED) is 0.683. The van der Waals surface area contributed by atoms with Gasteiger partial charge in [0.05, 0.1) is 5.60 Å². The standard InChI is InChI=1S/C15H31NO/c1-5-7-8-9-13(3)16-14-10-11-17-15(4,6-2)12-14/h13-14,16H,5-12H2,1-4H3. The maximum absolute atomic E-state index is 5.88. The Morgan fingerprint density at radius 2 is 2.12 bits per heavy atom. The van der Waals surface area contributed by atoms with Gasteiger partial charge in [-0.15, -0.1) is 0 Å². The molecule has 17 heavy (non-hydrogen) atoms. The Balaban J connectivity index is 2.26. The lowest BCUT2D eigenvalue weighted by Crippen LogP contribution is -2.47. The van der Waals surface area contributed by atoms with Crippen molar-refractivity contribution in [2.45, 2.75) is 90.3 Å². The van der Waals surface area contributed by atoms with Gasteiger partial charge in [0.15, 0.2) is 0 Å². The van der Waals surface area contributed by atoms with Crippen LogP contribution in [0, 0.1) is 0 Å². The monoisotopic (exact) mass is 241 g/mol. The van der Waals surface area contributed by atoms with Crippen LogP contribution in [-0.4, -0.2) is 24.3 Å². The van der Waals surface area contributed by atoms with Crippen LogP contribution in [-0.2, 0) is 4.74 Å². The van der Waals surface area contributed by atoms with Crippen LogP contribution in [0.25, 0.3) is 0 Å². The Labute approximate surface area is 108 Å². The minimum Gasteiger partial charge on any atom is -0.375 e. The third kappa shape index (κ3) is 5.39. The van der Waals surface area contributed by atoms with E-state index in [1.54, 1.807) is 0 Å². The van der Waals surface area contributed by atoms with Gasteiger partial charge in [0.2, 0.25) is 0 Å². The minimum absolute atomic E-state index is 0.110. The molecule has 0 aromatic carbocycles. The van der Waals surface area contributed by atoms with Crippen molar-refractivity contribution >= 4 is 0 Å². The molecule has 1 N–H and O–H groups in total. The summed E-state index contributed by atoms with van der Waals surface area (Å²) in [6.45, 7) is 10.00. The molecule has 1 fully saturated rings. The molecule has 1 rings (SSSR count). The molecular weight excluding hydrogens is 210 g/mol. The van der Waals surface area contributed by atoms with Crippen molar-refractivity contribution in [1.82, 2.24) is 5.32 Å². The van der Waals surface area contributed by atoms with Gasteiger partial charge in [-0.1, -0.05) is 33.1 Å². The van der Waals surface area contributed by atoms with E-state index < -0.39 is 0 Å². The van der Waals surface area contributed by atoms with Crippen molar-refractivity contribution in [2.24, 2.45) is 0 Å². The summed E-state index contributed by atoms with van der Waals surface area (Å²) in [6, 6.07) is 1.32. The minimum atomic E-state index is 0.110. The molecule has 3 unspecified atom stereocenters. The molecule has 0 aromatic rings. The zero-order valence-electron chi connectivity index (χ0n) is 12.2. The summed E-state index contributed by atoms with van der Waals surface area (Å²) in [7, 11) is 0. The van der Waals surface area contributed by atoms with E-state index in [1.807, 2.05) is 0 Å². The summed E-state index contributed by atoms with van der Waals surface area (Å²) in [5.74, 6) is 0. The zero-order valence-corrected chi connectivity index (χ0v) is 12.2. The summed E-state index contributed by atoms with van der Waals surface area (Å²) in [5, 5.41) is 3.79. The lowest BCUT2D eigenvalue weighted by molar-refractivity contribution is -0.0789. The Morgan fingerprint density at radius 3 is 2.76 bits per heavy atom. The molecule has 1 saturated heterocycles. The highest BCUT2D eigenvalue weighted by Gasteiger charge is 2.31. The van der Waals surface area contributed by atoms with Gasteiger partial charge in [0.1, 0.15) is 0 Å². The van der Waals surface area contributed by atoms with E-state index in [0.717, 1.165) is 13.0 Å². The van der Waals surface area contributed by atoms with Crippen LogP contribution in [0.3, 0.4) is 0 Å². The molecule has 0 saturated carbocycles. The first kappa shape index (κ1) is 15.0. The van der Waals surface area contributed by atoms with E-state index in [2.05, 4.69) is 33.0 Å². The van der Waals surface area contributed by atoms with Crippen molar-refractivity contribution in [1.29, 1.82) is 0 Å². The third-order valence-corrected chi connectivity index (χ3v) is 4.10.